The van der Waals surface area contributed by atoms with Crippen LogP contribution in [-0.4, -0.2) is 21.8 Å². The third-order valence-corrected chi connectivity index (χ3v) is 5.35. The highest BCUT2D eigenvalue weighted by Gasteiger charge is 2.71. The lowest BCUT2D eigenvalue weighted by Gasteiger charge is -2.32. The third-order valence-electron chi connectivity index (χ3n) is 3.88. The van der Waals surface area contributed by atoms with Gasteiger partial charge in [-0.2, -0.15) is 26.3 Å². The minimum absolute atomic E-state index is 0.203. The van der Waals surface area contributed by atoms with Crippen molar-refractivity contribution in [1.29, 1.82) is 0 Å². The molecule has 1 N–H and O–H groups in total. The topological polar surface area (TPSA) is 72.2 Å². The second-order valence-corrected chi connectivity index (χ2v) is 8.08. The summed E-state index contributed by atoms with van der Waals surface area (Å²) in [4.78, 5) is 16.9. The number of halogens is 10. The summed E-state index contributed by atoms with van der Waals surface area (Å²) in [6.07, 6.45) is -6.07. The van der Waals surface area contributed by atoms with E-state index in [1.807, 2.05) is 5.32 Å². The lowest BCUT2D eigenvalue weighted by atomic mass is 9.95. The van der Waals surface area contributed by atoms with Crippen LogP contribution in [0.25, 0.3) is 0 Å². The number of anilines is 1. The monoisotopic (exact) mass is 600 g/mol. The highest BCUT2D eigenvalue weighted by atomic mass is 79.9. The molecule has 1 atom stereocenters. The summed E-state index contributed by atoms with van der Waals surface area (Å²) in [5.41, 5.74) is -9.16. The molecule has 0 aliphatic carbocycles. The molecule has 31 heavy (non-hydrogen) atoms. The van der Waals surface area contributed by atoms with Gasteiger partial charge in [-0.25, -0.2) is 4.39 Å². The highest BCUT2D eigenvalue weighted by molar-refractivity contribution is 9.10. The van der Waals surface area contributed by atoms with E-state index in [0.717, 1.165) is 18.2 Å². The number of nitro groups is 1. The highest BCUT2D eigenvalue weighted by Crippen LogP contribution is 2.56. The van der Waals surface area contributed by atoms with E-state index in [9.17, 15) is 45.6 Å². The third kappa shape index (κ3) is 4.65. The average Bonchev–Trinajstić information content (AvgIpc) is 2.61. The van der Waals surface area contributed by atoms with Crippen LogP contribution in [0.2, 0.25) is 5.02 Å². The largest absolute Gasteiger partial charge is 0.433 e. The van der Waals surface area contributed by atoms with Crippen molar-refractivity contribution >= 4 is 60.7 Å². The Bertz CT molecular complexity index is 1020. The van der Waals surface area contributed by atoms with Gasteiger partial charge in [0, 0.05) is 16.1 Å². The van der Waals surface area contributed by atoms with E-state index in [1.165, 1.54) is 15.9 Å². The summed E-state index contributed by atoms with van der Waals surface area (Å²) in [6.45, 7) is 0. The van der Waals surface area contributed by atoms with E-state index in [1.54, 1.807) is 0 Å². The van der Waals surface area contributed by atoms with Crippen molar-refractivity contribution in [3.8, 4) is 0 Å². The zero-order valence-corrected chi connectivity index (χ0v) is 18.3. The number of nitro benzene ring substituents is 1. The van der Waals surface area contributed by atoms with Gasteiger partial charge >= 0.3 is 22.4 Å². The van der Waals surface area contributed by atoms with Crippen molar-refractivity contribution < 1.29 is 40.5 Å². The molecule has 15 heteroatoms. The van der Waals surface area contributed by atoms with Crippen LogP contribution >= 0.6 is 43.5 Å². The van der Waals surface area contributed by atoms with Crippen LogP contribution in [0.15, 0.2) is 34.8 Å². The van der Waals surface area contributed by atoms with Gasteiger partial charge in [0.15, 0.2) is 0 Å². The Kier molecular flexibility index (Phi) is 6.98. The molecule has 0 heterocycles. The van der Waals surface area contributed by atoms with Crippen LogP contribution in [-0.2, 0) is 5.67 Å². The molecule has 0 aliphatic rings. The molecule has 0 radical (unpaired) electrons. The molecule has 2 aromatic carbocycles. The van der Waals surface area contributed by atoms with Gasteiger partial charge in [0.2, 0.25) is 5.82 Å². The minimum Gasteiger partial charge on any atom is -0.320 e. The van der Waals surface area contributed by atoms with Gasteiger partial charge in [-0.05, 0) is 50.1 Å². The van der Waals surface area contributed by atoms with Crippen LogP contribution in [0, 0.1) is 15.9 Å². The molecule has 0 fully saturated rings. The van der Waals surface area contributed by atoms with Gasteiger partial charge in [-0.15, -0.1) is 0 Å². The standard InChI is InChI=1S/C16H6Br2ClF7N2O3/c17-8-4-6(14(21,15(18,22)23)16(24,25)26)5-9(19)12(8)27-13(29)7-2-1-3-10(11(7)20)28(30)31/h1-5H,(H,27,29). The first-order valence-electron chi connectivity index (χ1n) is 7.58. The number of carbonyl (C=O) groups is 1. The Balaban J connectivity index is 2.52. The SMILES string of the molecule is O=C(Nc1c(Cl)cc(C(F)(C(F)(F)F)C(F)(F)Br)cc1Br)c1cccc([N+](=O)[O-])c1F. The number of hydrogen-bond acceptors (Lipinski definition) is 3. The lowest BCUT2D eigenvalue weighted by Crippen LogP contribution is -2.49. The Morgan fingerprint density at radius 2 is 1.71 bits per heavy atom. The van der Waals surface area contributed by atoms with Crippen LogP contribution in [0.4, 0.5) is 42.1 Å². The fraction of sp³-hybridized carbons (Fsp3) is 0.188. The number of hydrogen-bond donors (Lipinski definition) is 1. The number of benzene rings is 2. The number of alkyl halides is 7. The predicted molar refractivity (Wildman–Crippen MR) is 103 cm³/mol. The zero-order chi connectivity index (χ0) is 23.9. The molecular weight excluding hydrogens is 596 g/mol. The Hall–Kier alpha value is -1.93. The van der Waals surface area contributed by atoms with E-state index >= 15 is 0 Å². The molecule has 0 aliphatic heterocycles. The predicted octanol–water partition coefficient (Wildman–Crippen LogP) is 7.12. The minimum atomic E-state index is -6.07. The molecule has 5 nitrogen and oxygen atoms in total. The zero-order valence-electron chi connectivity index (χ0n) is 14.3. The molecular formula is C16H6Br2ClF7N2O3. The second kappa shape index (κ2) is 8.54. The molecule has 0 saturated carbocycles. The number of nitrogens with one attached hydrogen (secondary N) is 1. The van der Waals surface area contributed by atoms with Crippen molar-refractivity contribution in [2.24, 2.45) is 0 Å². The summed E-state index contributed by atoms with van der Waals surface area (Å²) < 4.78 is 94.5. The molecule has 1 unspecified atom stereocenters. The Morgan fingerprint density at radius 1 is 1.13 bits per heavy atom. The Labute approximate surface area is 190 Å². The van der Waals surface area contributed by atoms with Crippen LogP contribution in [0.1, 0.15) is 15.9 Å². The lowest BCUT2D eigenvalue weighted by molar-refractivity contribution is -0.387. The summed E-state index contributed by atoms with van der Waals surface area (Å²) >= 11 is 9.82. The molecule has 0 aromatic heterocycles. The number of nitrogens with zero attached hydrogens (tertiary/aromatic N) is 1. The van der Waals surface area contributed by atoms with Crippen molar-refractivity contribution in [3.05, 3.63) is 66.9 Å². The van der Waals surface area contributed by atoms with Crippen LogP contribution in [0.5, 0.6) is 0 Å². The van der Waals surface area contributed by atoms with Gasteiger partial charge in [0.1, 0.15) is 0 Å². The maximum Gasteiger partial charge on any atom is 0.433 e. The fourth-order valence-corrected chi connectivity index (χ4v) is 3.79. The number of amides is 1. The second-order valence-electron chi connectivity index (χ2n) is 5.82. The fourth-order valence-electron chi connectivity index (χ4n) is 2.40. The molecule has 1 amide bonds. The summed E-state index contributed by atoms with van der Waals surface area (Å²) in [7, 11) is 0. The summed E-state index contributed by atoms with van der Waals surface area (Å²) in [5, 5.41) is 11.9. The maximum absolute atomic E-state index is 14.5. The first-order chi connectivity index (χ1) is 14.0. The van der Waals surface area contributed by atoms with Gasteiger partial charge in [-0.1, -0.05) is 17.7 Å². The average molecular weight is 602 g/mol. The number of carbonyl (C=O) groups excluding carboxylic acids is 1. The quantitative estimate of drug-likeness (QED) is 0.172. The smallest absolute Gasteiger partial charge is 0.320 e. The first kappa shape index (κ1) is 25.3. The maximum atomic E-state index is 14.5. The van der Waals surface area contributed by atoms with Gasteiger partial charge < -0.3 is 5.32 Å². The summed E-state index contributed by atoms with van der Waals surface area (Å²) in [6, 6.07) is 3.15. The summed E-state index contributed by atoms with van der Waals surface area (Å²) in [5.74, 6) is -2.81. The molecule has 0 spiro atoms. The Morgan fingerprint density at radius 3 is 2.16 bits per heavy atom. The van der Waals surface area contributed by atoms with E-state index in [4.69, 9.17) is 11.6 Å². The normalized spacial score (nSPS) is 14.1. The van der Waals surface area contributed by atoms with Gasteiger partial charge in [0.25, 0.3) is 5.91 Å². The van der Waals surface area contributed by atoms with Gasteiger partial charge in [0.05, 0.1) is 21.2 Å². The molecule has 0 saturated heterocycles. The van der Waals surface area contributed by atoms with E-state index in [-0.39, 0.29) is 6.07 Å². The molecule has 2 rings (SSSR count). The number of rotatable bonds is 5. The molecule has 2 aromatic rings. The molecule has 168 valence electrons. The van der Waals surface area contributed by atoms with Gasteiger partial charge in [-0.3, -0.25) is 14.9 Å². The molecule has 0 bridgehead atoms. The van der Waals surface area contributed by atoms with E-state index in [0.29, 0.717) is 6.07 Å². The van der Waals surface area contributed by atoms with Crippen molar-refractivity contribution in [3.63, 3.8) is 0 Å². The van der Waals surface area contributed by atoms with Crippen molar-refractivity contribution in [2.75, 3.05) is 5.32 Å². The van der Waals surface area contributed by atoms with E-state index < -0.39 is 65.3 Å². The van der Waals surface area contributed by atoms with Crippen molar-refractivity contribution in [2.45, 2.75) is 16.7 Å². The van der Waals surface area contributed by atoms with Crippen LogP contribution < -0.4 is 5.32 Å². The first-order valence-corrected chi connectivity index (χ1v) is 9.55. The van der Waals surface area contributed by atoms with Crippen LogP contribution in [0.3, 0.4) is 0 Å². The van der Waals surface area contributed by atoms with E-state index in [2.05, 4.69) is 15.9 Å². The van der Waals surface area contributed by atoms with Crippen molar-refractivity contribution in [1.82, 2.24) is 0 Å².